The number of nitrogens with one attached hydrogen (secondary N) is 1. The molecule has 21 heavy (non-hydrogen) atoms. The van der Waals surface area contributed by atoms with Crippen LogP contribution in [0.4, 0.5) is 5.69 Å². The maximum atomic E-state index is 12.5. The molecule has 0 fully saturated rings. The highest BCUT2D eigenvalue weighted by Gasteiger charge is 2.27. The maximum absolute atomic E-state index is 12.5. The van der Waals surface area contributed by atoms with E-state index in [4.69, 9.17) is 17.3 Å². The highest BCUT2D eigenvalue weighted by molar-refractivity contribution is 7.89. The molecule has 0 bridgehead atoms. The molecule has 0 aliphatic heterocycles. The Morgan fingerprint density at radius 1 is 1.10 bits per heavy atom. The second kappa shape index (κ2) is 5.33. The molecule has 0 saturated heterocycles. The Hall–Kier alpha value is -1.56. The number of anilines is 1. The molecule has 1 aliphatic carbocycles. The third-order valence-electron chi connectivity index (χ3n) is 3.62. The van der Waals surface area contributed by atoms with Gasteiger partial charge in [0.05, 0.1) is 5.02 Å². The number of halogens is 1. The van der Waals surface area contributed by atoms with Crippen LogP contribution in [0.5, 0.6) is 0 Å². The van der Waals surface area contributed by atoms with Crippen LogP contribution >= 0.6 is 11.6 Å². The van der Waals surface area contributed by atoms with E-state index >= 15 is 0 Å². The second-order valence-electron chi connectivity index (χ2n) is 5.19. The molecule has 0 unspecified atom stereocenters. The normalized spacial score (nSPS) is 15.1. The van der Waals surface area contributed by atoms with Gasteiger partial charge in [0.15, 0.2) is 0 Å². The molecule has 3 rings (SSSR count). The van der Waals surface area contributed by atoms with E-state index in [0.717, 1.165) is 0 Å². The summed E-state index contributed by atoms with van der Waals surface area (Å²) in [6.07, 6.45) is 1.38. The fourth-order valence-electron chi connectivity index (χ4n) is 2.65. The van der Waals surface area contributed by atoms with Crippen LogP contribution in [0.2, 0.25) is 5.02 Å². The summed E-state index contributed by atoms with van der Waals surface area (Å²) in [7, 11) is -3.68. The third-order valence-corrected chi connectivity index (χ3v) is 5.62. The molecule has 2 aromatic rings. The van der Waals surface area contributed by atoms with Gasteiger partial charge in [-0.15, -0.1) is 0 Å². The van der Waals surface area contributed by atoms with Gasteiger partial charge >= 0.3 is 0 Å². The Balaban J connectivity index is 1.84. The smallest absolute Gasteiger partial charge is 0.242 e. The predicted molar refractivity (Wildman–Crippen MR) is 83.8 cm³/mol. The van der Waals surface area contributed by atoms with Crippen molar-refractivity contribution in [1.29, 1.82) is 0 Å². The summed E-state index contributed by atoms with van der Waals surface area (Å²) in [5.74, 6) is 0. The number of nitrogens with two attached hydrogens (primary N) is 1. The molecule has 0 aromatic heterocycles. The minimum atomic E-state index is -3.68. The van der Waals surface area contributed by atoms with Crippen LogP contribution in [0.25, 0.3) is 0 Å². The van der Waals surface area contributed by atoms with E-state index < -0.39 is 10.0 Å². The predicted octanol–water partition coefficient (Wildman–Crippen LogP) is 2.37. The van der Waals surface area contributed by atoms with Gasteiger partial charge in [-0.2, -0.15) is 0 Å². The van der Waals surface area contributed by atoms with Crippen LogP contribution < -0.4 is 10.5 Å². The fraction of sp³-hybridized carbons (Fsp3) is 0.200. The highest BCUT2D eigenvalue weighted by atomic mass is 35.5. The molecular weight excluding hydrogens is 308 g/mol. The molecule has 0 atom stereocenters. The van der Waals surface area contributed by atoms with Crippen molar-refractivity contribution in [3.05, 3.63) is 58.6 Å². The van der Waals surface area contributed by atoms with Crippen LogP contribution in [0.15, 0.2) is 47.4 Å². The SMILES string of the molecule is Nc1ccc(Cl)c(S(=O)(=O)NC2Cc3ccccc3C2)c1. The number of fused-ring (bicyclic) bond motifs is 1. The van der Waals surface area contributed by atoms with Gasteiger partial charge in [-0.3, -0.25) is 0 Å². The lowest BCUT2D eigenvalue weighted by Gasteiger charge is -2.14. The average Bonchev–Trinajstić information content (AvgIpc) is 2.82. The topological polar surface area (TPSA) is 72.2 Å². The minimum absolute atomic E-state index is 0.0279. The Kier molecular flexibility index (Phi) is 3.65. The number of rotatable bonds is 3. The lowest BCUT2D eigenvalue weighted by atomic mass is 10.1. The van der Waals surface area contributed by atoms with E-state index in [9.17, 15) is 8.42 Å². The lowest BCUT2D eigenvalue weighted by Crippen LogP contribution is -2.35. The van der Waals surface area contributed by atoms with Gasteiger partial charge in [0, 0.05) is 11.7 Å². The number of hydrogen-bond acceptors (Lipinski definition) is 3. The van der Waals surface area contributed by atoms with Gasteiger partial charge in [0.25, 0.3) is 0 Å². The molecule has 0 saturated carbocycles. The zero-order chi connectivity index (χ0) is 15.0. The first-order chi connectivity index (χ1) is 9.95. The molecule has 6 heteroatoms. The van der Waals surface area contributed by atoms with Crippen LogP contribution in [0.1, 0.15) is 11.1 Å². The fourth-order valence-corrected chi connectivity index (χ4v) is 4.42. The number of hydrogen-bond donors (Lipinski definition) is 2. The van der Waals surface area contributed by atoms with E-state index in [1.807, 2.05) is 24.3 Å². The molecule has 110 valence electrons. The summed E-state index contributed by atoms with van der Waals surface area (Å²) in [6, 6.07) is 12.3. The first kappa shape index (κ1) is 14.4. The van der Waals surface area contributed by atoms with Gasteiger partial charge in [-0.25, -0.2) is 13.1 Å². The van der Waals surface area contributed by atoms with Crippen molar-refractivity contribution in [1.82, 2.24) is 4.72 Å². The Morgan fingerprint density at radius 2 is 1.71 bits per heavy atom. The molecule has 2 aromatic carbocycles. The summed E-state index contributed by atoms with van der Waals surface area (Å²) >= 11 is 5.98. The van der Waals surface area contributed by atoms with Gasteiger partial charge in [0.2, 0.25) is 10.0 Å². The van der Waals surface area contributed by atoms with Crippen molar-refractivity contribution in [2.45, 2.75) is 23.8 Å². The lowest BCUT2D eigenvalue weighted by molar-refractivity contribution is 0.556. The van der Waals surface area contributed by atoms with Crippen molar-refractivity contribution in [3.63, 3.8) is 0 Å². The molecular formula is C15H15ClN2O2S. The van der Waals surface area contributed by atoms with Crippen LogP contribution in [0, 0.1) is 0 Å². The average molecular weight is 323 g/mol. The quantitative estimate of drug-likeness (QED) is 0.852. The summed E-state index contributed by atoms with van der Waals surface area (Å²) < 4.78 is 27.6. The molecule has 1 aliphatic rings. The van der Waals surface area contributed by atoms with E-state index in [1.54, 1.807) is 6.07 Å². The third kappa shape index (κ3) is 2.90. The first-order valence-electron chi connectivity index (χ1n) is 6.60. The van der Waals surface area contributed by atoms with E-state index in [-0.39, 0.29) is 16.0 Å². The van der Waals surface area contributed by atoms with Crippen molar-refractivity contribution >= 4 is 27.3 Å². The molecule has 4 nitrogen and oxygen atoms in total. The van der Waals surface area contributed by atoms with Crippen molar-refractivity contribution in [3.8, 4) is 0 Å². The Bertz CT molecular complexity index is 765. The monoisotopic (exact) mass is 322 g/mol. The number of sulfonamides is 1. The zero-order valence-corrected chi connectivity index (χ0v) is 12.8. The molecule has 0 spiro atoms. The second-order valence-corrected chi connectivity index (χ2v) is 7.27. The Morgan fingerprint density at radius 3 is 2.33 bits per heavy atom. The number of nitrogen functional groups attached to an aromatic ring is 1. The summed E-state index contributed by atoms with van der Waals surface area (Å²) in [6.45, 7) is 0. The van der Waals surface area contributed by atoms with E-state index in [1.165, 1.54) is 23.3 Å². The van der Waals surface area contributed by atoms with Crippen molar-refractivity contribution < 1.29 is 8.42 Å². The number of benzene rings is 2. The van der Waals surface area contributed by atoms with Crippen LogP contribution in [-0.2, 0) is 22.9 Å². The van der Waals surface area contributed by atoms with Gasteiger partial charge in [-0.05, 0) is 42.2 Å². The maximum Gasteiger partial charge on any atom is 0.242 e. The summed E-state index contributed by atoms with van der Waals surface area (Å²) in [5, 5.41) is 0.173. The minimum Gasteiger partial charge on any atom is -0.399 e. The highest BCUT2D eigenvalue weighted by Crippen LogP contribution is 2.26. The van der Waals surface area contributed by atoms with E-state index in [2.05, 4.69) is 4.72 Å². The molecule has 0 heterocycles. The zero-order valence-electron chi connectivity index (χ0n) is 11.2. The van der Waals surface area contributed by atoms with Crippen LogP contribution in [0.3, 0.4) is 0 Å². The van der Waals surface area contributed by atoms with E-state index in [0.29, 0.717) is 18.5 Å². The van der Waals surface area contributed by atoms with Crippen molar-refractivity contribution in [2.24, 2.45) is 0 Å². The van der Waals surface area contributed by atoms with Crippen molar-refractivity contribution in [2.75, 3.05) is 5.73 Å². The van der Waals surface area contributed by atoms with Crippen LogP contribution in [-0.4, -0.2) is 14.5 Å². The molecule has 0 radical (unpaired) electrons. The molecule has 3 N–H and O–H groups in total. The summed E-state index contributed by atoms with van der Waals surface area (Å²) in [4.78, 5) is 0.0279. The Labute approximate surface area is 129 Å². The van der Waals surface area contributed by atoms with Gasteiger partial charge < -0.3 is 5.73 Å². The van der Waals surface area contributed by atoms with Gasteiger partial charge in [-0.1, -0.05) is 35.9 Å². The standard InChI is InChI=1S/C15H15ClN2O2S/c16-14-6-5-12(17)9-15(14)21(19,20)18-13-7-10-3-1-2-4-11(10)8-13/h1-6,9,13,18H,7-8,17H2. The summed E-state index contributed by atoms with van der Waals surface area (Å²) in [5.41, 5.74) is 8.39. The largest absolute Gasteiger partial charge is 0.399 e. The first-order valence-corrected chi connectivity index (χ1v) is 8.46. The van der Waals surface area contributed by atoms with Gasteiger partial charge in [0.1, 0.15) is 4.90 Å². The molecule has 0 amide bonds.